The molecule has 0 amide bonds. The maximum Gasteiger partial charge on any atom is 0.370 e. The summed E-state index contributed by atoms with van der Waals surface area (Å²) >= 11 is -5.41. The monoisotopic (exact) mass is 408 g/mol. The van der Waals surface area contributed by atoms with Crippen LogP contribution in [-0.2, 0) is 41.5 Å². The fourth-order valence-corrected chi connectivity index (χ4v) is 5.47. The number of rotatable bonds is 6. The molecule has 150 valence electrons. The number of carbonyl (C=O) groups is 2. The van der Waals surface area contributed by atoms with Gasteiger partial charge in [-0.1, -0.05) is 38.5 Å². The molecule has 0 spiro atoms. The van der Waals surface area contributed by atoms with Gasteiger partial charge in [0.05, 0.1) is 0 Å². The molecule has 0 aromatic carbocycles. The van der Waals surface area contributed by atoms with Gasteiger partial charge in [-0.15, -0.1) is 0 Å². The minimum absolute atomic E-state index is 0.379. The molecule has 0 aliphatic heterocycles. The summed E-state index contributed by atoms with van der Waals surface area (Å²) in [4.78, 5) is 33.1. The molecule has 0 N–H and O–H groups in total. The largest absolute Gasteiger partial charge is 0.772 e. The van der Waals surface area contributed by atoms with E-state index in [0.717, 1.165) is 38.5 Å². The van der Waals surface area contributed by atoms with E-state index in [1.165, 1.54) is 0 Å². The van der Waals surface area contributed by atoms with Crippen molar-refractivity contribution in [3.63, 3.8) is 0 Å². The van der Waals surface area contributed by atoms with Crippen LogP contribution < -0.4 is 0 Å². The average Bonchev–Trinajstić information content (AvgIpc) is 2.61. The van der Waals surface area contributed by atoms with Crippen LogP contribution in [0.15, 0.2) is 0 Å². The van der Waals surface area contributed by atoms with Gasteiger partial charge in [0.15, 0.2) is 0 Å². The minimum Gasteiger partial charge on any atom is -0.772 e. The van der Waals surface area contributed by atoms with Crippen molar-refractivity contribution in [1.29, 1.82) is 0 Å². The lowest BCUT2D eigenvalue weighted by molar-refractivity contribution is -0.259. The van der Waals surface area contributed by atoms with Crippen molar-refractivity contribution in [3.05, 3.63) is 0 Å². The normalized spacial score (nSPS) is 24.2. The number of hydrogen-bond acceptors (Lipinski definition) is 8. The fraction of sp³-hybridized carbons (Fsp3) is 0.875. The molecular weight excluding hydrogens is 384 g/mol. The Morgan fingerprint density at radius 3 is 1.27 bits per heavy atom. The van der Waals surface area contributed by atoms with Gasteiger partial charge >= 0.3 is 11.9 Å². The Morgan fingerprint density at radius 1 is 0.692 bits per heavy atom. The summed E-state index contributed by atoms with van der Waals surface area (Å²) in [7, 11) is 0. The molecule has 0 aromatic heterocycles. The highest BCUT2D eigenvalue weighted by Gasteiger charge is 2.36. The lowest BCUT2D eigenvalue weighted by atomic mass is 9.86. The Labute approximate surface area is 157 Å². The Kier molecular flexibility index (Phi) is 8.65. The Hall–Kier alpha value is -0.840. The van der Waals surface area contributed by atoms with Crippen molar-refractivity contribution in [1.82, 2.24) is 0 Å². The minimum atomic E-state index is -2.71. The predicted octanol–water partition coefficient (Wildman–Crippen LogP) is 1.64. The standard InChI is InChI=1S/C16H26O8S2/c17-15(13(25(19)20)11-7-3-1-4-8-11)23-24-16(18)14(26(21)22)12-9-5-2-6-10-12/h11-14H,1-10H2,(H,19,20)(H,21,22)/p-2. The third-order valence-electron chi connectivity index (χ3n) is 5.24. The van der Waals surface area contributed by atoms with E-state index in [2.05, 4.69) is 9.78 Å². The zero-order chi connectivity index (χ0) is 19.1. The van der Waals surface area contributed by atoms with Crippen LogP contribution in [0.1, 0.15) is 64.2 Å². The molecule has 8 nitrogen and oxygen atoms in total. The molecule has 2 rings (SSSR count). The van der Waals surface area contributed by atoms with E-state index < -0.39 is 44.6 Å². The van der Waals surface area contributed by atoms with Crippen LogP contribution in [-0.4, -0.2) is 40.0 Å². The summed E-state index contributed by atoms with van der Waals surface area (Å²) in [6.07, 6.45) is 7.58. The van der Waals surface area contributed by atoms with Crippen LogP contribution in [0, 0.1) is 11.8 Å². The van der Waals surface area contributed by atoms with Gasteiger partial charge in [0, 0.05) is 0 Å². The first-order valence-corrected chi connectivity index (χ1v) is 11.3. The Bertz CT molecular complexity index is 492. The fourth-order valence-electron chi connectivity index (χ4n) is 3.91. The van der Waals surface area contributed by atoms with Crippen molar-refractivity contribution < 1.29 is 36.9 Å². The van der Waals surface area contributed by atoms with Crippen molar-refractivity contribution in [2.45, 2.75) is 74.7 Å². The van der Waals surface area contributed by atoms with Gasteiger partial charge in [-0.25, -0.2) is 19.4 Å². The van der Waals surface area contributed by atoms with Crippen molar-refractivity contribution in [3.8, 4) is 0 Å². The van der Waals surface area contributed by atoms with Gasteiger partial charge in [-0.05, 0) is 59.7 Å². The maximum absolute atomic E-state index is 12.1. The van der Waals surface area contributed by atoms with Crippen molar-refractivity contribution in [2.24, 2.45) is 11.8 Å². The van der Waals surface area contributed by atoms with Crippen LogP contribution in [0.4, 0.5) is 0 Å². The van der Waals surface area contributed by atoms with Crippen molar-refractivity contribution >= 4 is 34.1 Å². The molecule has 4 unspecified atom stereocenters. The molecule has 2 aliphatic carbocycles. The summed E-state index contributed by atoms with van der Waals surface area (Å²) in [5.41, 5.74) is 0. The Morgan fingerprint density at radius 2 is 1.00 bits per heavy atom. The molecule has 0 bridgehead atoms. The smallest absolute Gasteiger partial charge is 0.370 e. The van der Waals surface area contributed by atoms with Crippen LogP contribution >= 0.6 is 0 Å². The molecular formula is C16H24O8S2-2. The van der Waals surface area contributed by atoms with E-state index in [9.17, 15) is 27.1 Å². The molecule has 2 saturated carbocycles. The van der Waals surface area contributed by atoms with Gasteiger partial charge in [0.1, 0.15) is 10.5 Å². The van der Waals surface area contributed by atoms with E-state index in [-0.39, 0.29) is 11.8 Å². The molecule has 0 radical (unpaired) electrons. The molecule has 2 aliphatic rings. The highest BCUT2D eigenvalue weighted by Crippen LogP contribution is 2.31. The Balaban J connectivity index is 1.95. The van der Waals surface area contributed by atoms with Crippen LogP contribution in [0.2, 0.25) is 0 Å². The third-order valence-corrected chi connectivity index (χ3v) is 7.23. The molecule has 2 fully saturated rings. The van der Waals surface area contributed by atoms with Gasteiger partial charge in [-0.3, -0.25) is 8.42 Å². The first-order chi connectivity index (χ1) is 12.4. The summed E-state index contributed by atoms with van der Waals surface area (Å²) in [5, 5.41) is -2.82. The zero-order valence-electron chi connectivity index (χ0n) is 14.5. The van der Waals surface area contributed by atoms with Crippen LogP contribution in [0.25, 0.3) is 0 Å². The first kappa shape index (κ1) is 21.5. The van der Waals surface area contributed by atoms with Gasteiger partial charge < -0.3 is 9.11 Å². The second kappa shape index (κ2) is 10.5. The average molecular weight is 408 g/mol. The molecule has 4 atom stereocenters. The maximum atomic E-state index is 12.1. The topological polar surface area (TPSA) is 133 Å². The second-order valence-electron chi connectivity index (χ2n) is 6.96. The van der Waals surface area contributed by atoms with E-state index in [4.69, 9.17) is 0 Å². The molecule has 0 saturated heterocycles. The van der Waals surface area contributed by atoms with E-state index in [1.807, 2.05) is 0 Å². The second-order valence-corrected chi connectivity index (χ2v) is 9.02. The summed E-state index contributed by atoms with van der Waals surface area (Å²) in [5.74, 6) is -3.09. The highest BCUT2D eigenvalue weighted by atomic mass is 32.2. The number of carbonyl (C=O) groups excluding carboxylic acids is 2. The van der Waals surface area contributed by atoms with E-state index in [1.54, 1.807) is 0 Å². The summed E-state index contributed by atoms with van der Waals surface area (Å²) < 4.78 is 45.7. The van der Waals surface area contributed by atoms with Crippen LogP contribution in [0.3, 0.4) is 0 Å². The summed E-state index contributed by atoms with van der Waals surface area (Å²) in [6.45, 7) is 0. The van der Waals surface area contributed by atoms with Gasteiger partial charge in [0.2, 0.25) is 0 Å². The van der Waals surface area contributed by atoms with E-state index >= 15 is 0 Å². The molecule has 26 heavy (non-hydrogen) atoms. The molecule has 0 aromatic rings. The predicted molar refractivity (Wildman–Crippen MR) is 90.7 cm³/mol. The van der Waals surface area contributed by atoms with Crippen molar-refractivity contribution in [2.75, 3.05) is 0 Å². The van der Waals surface area contributed by atoms with E-state index in [0.29, 0.717) is 25.7 Å². The number of hydrogen-bond donors (Lipinski definition) is 0. The van der Waals surface area contributed by atoms with Gasteiger partial charge in [-0.2, -0.15) is 0 Å². The zero-order valence-corrected chi connectivity index (χ0v) is 16.1. The SMILES string of the molecule is O=C(OOC(=O)C(C1CCCCC1)S(=O)[O-])C(C1CCCCC1)S(=O)[O-]. The summed E-state index contributed by atoms with van der Waals surface area (Å²) in [6, 6.07) is 0. The first-order valence-electron chi connectivity index (χ1n) is 9.00. The lowest BCUT2D eigenvalue weighted by Gasteiger charge is -2.30. The van der Waals surface area contributed by atoms with Crippen LogP contribution in [0.5, 0.6) is 0 Å². The third kappa shape index (κ3) is 5.83. The van der Waals surface area contributed by atoms with Gasteiger partial charge in [0.25, 0.3) is 0 Å². The lowest BCUT2D eigenvalue weighted by Crippen LogP contribution is -2.40. The molecule has 10 heteroatoms. The highest BCUT2D eigenvalue weighted by molar-refractivity contribution is 7.80. The quantitative estimate of drug-likeness (QED) is 0.368. The molecule has 0 heterocycles.